The summed E-state index contributed by atoms with van der Waals surface area (Å²) in [4.78, 5) is 27.7. The highest BCUT2D eigenvalue weighted by Crippen LogP contribution is 2.60. The summed E-state index contributed by atoms with van der Waals surface area (Å²) in [6, 6.07) is 19.2. The van der Waals surface area contributed by atoms with Crippen LogP contribution in [-0.2, 0) is 19.1 Å². The highest BCUT2D eigenvalue weighted by atomic mass is 32.2. The average molecular weight is 456 g/mol. The van der Waals surface area contributed by atoms with Crippen LogP contribution < -0.4 is 9.91 Å². The van der Waals surface area contributed by atoms with E-state index in [1.165, 1.54) is 30.6 Å². The van der Waals surface area contributed by atoms with E-state index >= 15 is 0 Å². The first kappa shape index (κ1) is 21.3. The summed E-state index contributed by atoms with van der Waals surface area (Å²) in [5.74, 6) is -0.929. The highest BCUT2D eigenvalue weighted by Gasteiger charge is 2.58. The number of benzene rings is 2. The molecule has 0 radical (unpaired) electrons. The van der Waals surface area contributed by atoms with Gasteiger partial charge in [0.25, 0.3) is 0 Å². The maximum Gasteiger partial charge on any atom is 0.365 e. The number of para-hydroxylation sites is 2. The lowest BCUT2D eigenvalue weighted by atomic mass is 10.2. The first-order chi connectivity index (χ1) is 15.0. The number of hydrogen-bond acceptors (Lipinski definition) is 9. The van der Waals surface area contributed by atoms with Crippen molar-refractivity contribution in [1.82, 2.24) is 0 Å². The van der Waals surface area contributed by atoms with Gasteiger partial charge in [0.2, 0.25) is 9.37 Å². The van der Waals surface area contributed by atoms with Gasteiger partial charge < -0.3 is 14.4 Å². The molecule has 7 nitrogen and oxygen atoms in total. The predicted molar refractivity (Wildman–Crippen MR) is 125 cm³/mol. The van der Waals surface area contributed by atoms with Gasteiger partial charge in [-0.25, -0.2) is 14.6 Å². The number of methoxy groups -OCH3 is 1. The third-order valence-corrected chi connectivity index (χ3v) is 7.56. The Hall–Kier alpha value is -2.91. The van der Waals surface area contributed by atoms with Crippen molar-refractivity contribution in [2.45, 2.75) is 18.2 Å². The first-order valence-electron chi connectivity index (χ1n) is 9.65. The van der Waals surface area contributed by atoms with E-state index in [4.69, 9.17) is 9.47 Å². The van der Waals surface area contributed by atoms with Crippen molar-refractivity contribution in [2.24, 2.45) is 5.10 Å². The van der Waals surface area contributed by atoms with Crippen LogP contribution in [0.4, 0.5) is 11.4 Å². The van der Waals surface area contributed by atoms with Crippen LogP contribution in [0.15, 0.2) is 76.4 Å². The standard InChI is InChI=1S/C22H21N3O4S2/c1-4-29-21(27)19-23-25(17-13-9-6-10-14-17)22(31-19)24(16-11-7-5-8-12-16)15(2)18(30-22)20(26)28-3/h5-14H,4H2,1-3H3/t22-/m0/s1. The maximum absolute atomic E-state index is 12.6. The number of anilines is 2. The van der Waals surface area contributed by atoms with Gasteiger partial charge in [-0.2, -0.15) is 5.10 Å². The molecule has 0 aromatic heterocycles. The minimum Gasteiger partial charge on any atom is -0.465 e. The Labute approximate surface area is 189 Å². The van der Waals surface area contributed by atoms with E-state index in [1.54, 1.807) is 11.9 Å². The molecule has 2 heterocycles. The Kier molecular flexibility index (Phi) is 5.97. The van der Waals surface area contributed by atoms with Crippen molar-refractivity contribution in [1.29, 1.82) is 0 Å². The fourth-order valence-corrected chi connectivity index (χ4v) is 6.37. The summed E-state index contributed by atoms with van der Waals surface area (Å²) in [5, 5.41) is 6.62. The summed E-state index contributed by atoms with van der Waals surface area (Å²) < 4.78 is 9.30. The average Bonchev–Trinajstić information content (AvgIpc) is 3.32. The molecule has 9 heteroatoms. The van der Waals surface area contributed by atoms with Gasteiger partial charge in [0.15, 0.2) is 0 Å². The fraction of sp³-hybridized carbons (Fsp3) is 0.227. The number of thioether (sulfide) groups is 2. The summed E-state index contributed by atoms with van der Waals surface area (Å²) in [7, 11) is 1.36. The highest BCUT2D eigenvalue weighted by molar-refractivity contribution is 8.29. The molecule has 1 atom stereocenters. The maximum atomic E-state index is 12.6. The molecule has 0 bridgehead atoms. The van der Waals surface area contributed by atoms with Crippen molar-refractivity contribution in [3.05, 3.63) is 71.3 Å². The molecule has 0 unspecified atom stereocenters. The molecule has 4 rings (SSSR count). The van der Waals surface area contributed by atoms with Crippen molar-refractivity contribution in [2.75, 3.05) is 23.6 Å². The van der Waals surface area contributed by atoms with Gasteiger partial charge in [-0.05, 0) is 49.9 Å². The summed E-state index contributed by atoms with van der Waals surface area (Å²) in [6.07, 6.45) is 0. The number of esters is 2. The van der Waals surface area contributed by atoms with Crippen molar-refractivity contribution in [3.63, 3.8) is 0 Å². The van der Waals surface area contributed by atoms with E-state index in [0.29, 0.717) is 4.91 Å². The largest absolute Gasteiger partial charge is 0.465 e. The number of allylic oxidation sites excluding steroid dienone is 1. The second-order valence-electron chi connectivity index (χ2n) is 6.60. The summed E-state index contributed by atoms with van der Waals surface area (Å²) >= 11 is 2.55. The Morgan fingerprint density at radius 1 is 0.968 bits per heavy atom. The van der Waals surface area contributed by atoms with Crippen molar-refractivity contribution in [3.8, 4) is 0 Å². The van der Waals surface area contributed by atoms with E-state index in [-0.39, 0.29) is 11.7 Å². The molecule has 2 aromatic rings. The van der Waals surface area contributed by atoms with E-state index in [9.17, 15) is 9.59 Å². The lowest BCUT2D eigenvalue weighted by molar-refractivity contribution is -0.135. The smallest absolute Gasteiger partial charge is 0.365 e. The lowest BCUT2D eigenvalue weighted by Gasteiger charge is -2.41. The number of hydrazone groups is 1. The summed E-state index contributed by atoms with van der Waals surface area (Å²) in [6.45, 7) is 3.87. The SMILES string of the molecule is CCOC(=O)C1=NN(c2ccccc2)[C@]2(S1)SC(C(=O)OC)=C(C)N2c1ccccc1. The van der Waals surface area contributed by atoms with Crippen LogP contribution in [0.25, 0.3) is 0 Å². The van der Waals surface area contributed by atoms with E-state index < -0.39 is 16.3 Å². The van der Waals surface area contributed by atoms with E-state index in [1.807, 2.05) is 72.5 Å². The van der Waals surface area contributed by atoms with Crippen LogP contribution >= 0.6 is 23.5 Å². The molecule has 0 fully saturated rings. The molecule has 2 aliphatic rings. The van der Waals surface area contributed by atoms with E-state index in [2.05, 4.69) is 5.10 Å². The van der Waals surface area contributed by atoms with Crippen molar-refractivity contribution < 1.29 is 19.1 Å². The number of nitrogens with zero attached hydrogens (tertiary/aromatic N) is 3. The van der Waals surface area contributed by atoms with E-state index in [0.717, 1.165) is 17.1 Å². The monoisotopic (exact) mass is 455 g/mol. The zero-order valence-electron chi connectivity index (χ0n) is 17.3. The second-order valence-corrected chi connectivity index (χ2v) is 9.20. The normalized spacial score (nSPS) is 20.3. The number of hydrogen-bond donors (Lipinski definition) is 0. The molecule has 2 aliphatic heterocycles. The fourth-order valence-electron chi connectivity index (χ4n) is 3.40. The molecule has 0 aliphatic carbocycles. The Balaban J connectivity index is 1.88. The lowest BCUT2D eigenvalue weighted by Crippen LogP contribution is -2.49. The molecule has 0 amide bonds. The number of rotatable bonds is 5. The van der Waals surface area contributed by atoms with Gasteiger partial charge >= 0.3 is 11.9 Å². The zero-order valence-corrected chi connectivity index (χ0v) is 18.9. The van der Waals surface area contributed by atoms with Gasteiger partial charge in [-0.1, -0.05) is 48.2 Å². The predicted octanol–water partition coefficient (Wildman–Crippen LogP) is 4.39. The third kappa shape index (κ3) is 3.68. The molecular weight excluding hydrogens is 434 g/mol. The van der Waals surface area contributed by atoms with Gasteiger partial charge in [0, 0.05) is 11.4 Å². The number of carbonyl (C=O) groups excluding carboxylic acids is 2. The van der Waals surface area contributed by atoms with Crippen LogP contribution in [0.1, 0.15) is 13.8 Å². The Bertz CT molecular complexity index is 1060. The van der Waals surface area contributed by atoms with Gasteiger partial charge in [0.1, 0.15) is 4.91 Å². The molecule has 0 saturated carbocycles. The third-order valence-electron chi connectivity index (χ3n) is 4.71. The molecule has 0 saturated heterocycles. The van der Waals surface area contributed by atoms with Gasteiger partial charge in [0.05, 0.1) is 19.4 Å². The molecular formula is C22H21N3O4S2. The van der Waals surface area contributed by atoms with Crippen LogP contribution in [0.5, 0.6) is 0 Å². The first-order valence-corrected chi connectivity index (χ1v) is 11.3. The molecule has 31 heavy (non-hydrogen) atoms. The van der Waals surface area contributed by atoms with Gasteiger partial charge in [-0.3, -0.25) is 0 Å². The Morgan fingerprint density at radius 2 is 1.58 bits per heavy atom. The van der Waals surface area contributed by atoms with Crippen LogP contribution in [0.2, 0.25) is 0 Å². The quantitative estimate of drug-likeness (QED) is 0.615. The number of carbonyl (C=O) groups is 2. The van der Waals surface area contributed by atoms with Crippen LogP contribution in [0.3, 0.4) is 0 Å². The Morgan fingerprint density at radius 3 is 2.16 bits per heavy atom. The minimum atomic E-state index is -0.974. The minimum absolute atomic E-state index is 0.220. The van der Waals surface area contributed by atoms with Crippen LogP contribution in [-0.4, -0.2) is 35.0 Å². The number of ether oxygens (including phenoxy) is 2. The summed E-state index contributed by atoms with van der Waals surface area (Å²) in [5.41, 5.74) is 2.36. The molecule has 160 valence electrons. The van der Waals surface area contributed by atoms with Crippen molar-refractivity contribution >= 4 is 51.9 Å². The van der Waals surface area contributed by atoms with Gasteiger partial charge in [-0.15, -0.1) is 0 Å². The molecule has 0 N–H and O–H groups in total. The topological polar surface area (TPSA) is 71.4 Å². The molecule has 2 aromatic carbocycles. The molecule has 1 spiro atoms. The second kappa shape index (κ2) is 8.68. The zero-order chi connectivity index (χ0) is 22.0. The van der Waals surface area contributed by atoms with Crippen LogP contribution in [0, 0.1) is 0 Å².